The first-order valence-electron chi connectivity index (χ1n) is 21.0. The molecule has 1 N–H and O–H groups in total. The monoisotopic (exact) mass is 968 g/mol. The molecule has 0 fully saturated rings. The molecule has 0 unspecified atom stereocenters. The van der Waals surface area contributed by atoms with E-state index in [0.717, 1.165) is 83.6 Å². The summed E-state index contributed by atoms with van der Waals surface area (Å²) in [4.78, 5) is 10.4. The Balaban J connectivity index is 0.00000561. The van der Waals surface area contributed by atoms with E-state index in [4.69, 9.17) is 11.3 Å². The van der Waals surface area contributed by atoms with Crippen molar-refractivity contribution in [2.75, 3.05) is 0 Å². The molecule has 6 aromatic carbocycles. The van der Waals surface area contributed by atoms with Crippen LogP contribution in [0.25, 0.3) is 72.7 Å². The quantitative estimate of drug-likeness (QED) is 0.162. The van der Waals surface area contributed by atoms with Crippen molar-refractivity contribution in [2.45, 2.75) is 86.0 Å². The van der Waals surface area contributed by atoms with Crippen molar-refractivity contribution in [2.24, 2.45) is 0 Å². The fourth-order valence-electron chi connectivity index (χ4n) is 7.90. The van der Waals surface area contributed by atoms with Crippen LogP contribution in [0.3, 0.4) is 0 Å². The fourth-order valence-corrected chi connectivity index (χ4v) is 7.90. The van der Waals surface area contributed by atoms with Crippen molar-refractivity contribution < 1.29 is 27.5 Å². The van der Waals surface area contributed by atoms with E-state index < -0.39 is 5.89 Å². The van der Waals surface area contributed by atoms with Crippen LogP contribution in [0, 0.1) is 19.9 Å². The third-order valence-corrected chi connectivity index (χ3v) is 11.4. The number of hydrogen-bond donors (Lipinski definition) is 1. The minimum atomic E-state index is -0.666. The SMILES string of the molecule is [2H]C(C)(C)c1ccc(-c2ccnc(-c3[c-]c(-c4cccc5c4nc(-c4cc(C)cc(C)c4O)n5-c4cc(-c5ccccc5)cc(C(C)(C)C)c4)cc(C(C)(C)C)c3)c2)cc1.[Pt]. The van der Waals surface area contributed by atoms with Crippen molar-refractivity contribution in [3.05, 3.63) is 167 Å². The second-order valence-corrected chi connectivity index (χ2v) is 18.3. The molecular weight excluding hydrogens is 914 g/mol. The Morgan fingerprint density at radius 1 is 0.650 bits per heavy atom. The van der Waals surface area contributed by atoms with E-state index in [-0.39, 0.29) is 37.6 Å². The summed E-state index contributed by atoms with van der Waals surface area (Å²) in [6, 6.07) is 48.4. The summed E-state index contributed by atoms with van der Waals surface area (Å²) in [5.41, 5.74) is 16.3. The van der Waals surface area contributed by atoms with E-state index in [9.17, 15) is 5.11 Å². The number of nitrogens with zero attached hydrogens (tertiary/aromatic N) is 3. The maximum absolute atomic E-state index is 11.7. The number of pyridine rings is 1. The number of phenolic OH excluding ortho intramolecular Hbond substituents is 1. The molecule has 0 aliphatic heterocycles. The molecule has 0 saturated heterocycles. The summed E-state index contributed by atoms with van der Waals surface area (Å²) in [7, 11) is 0. The van der Waals surface area contributed by atoms with Gasteiger partial charge in [-0.05, 0) is 105 Å². The molecule has 0 bridgehead atoms. The summed E-state index contributed by atoms with van der Waals surface area (Å²) in [6.07, 6.45) is 1.87. The van der Waals surface area contributed by atoms with Crippen LogP contribution in [-0.2, 0) is 31.9 Å². The predicted octanol–water partition coefficient (Wildman–Crippen LogP) is 14.6. The predicted molar refractivity (Wildman–Crippen MR) is 248 cm³/mol. The minimum Gasteiger partial charge on any atom is -0.507 e. The number of para-hydroxylation sites is 1. The van der Waals surface area contributed by atoms with Crippen LogP contribution in [-0.4, -0.2) is 19.6 Å². The molecule has 0 atom stereocenters. The standard InChI is InChI=1S/C55H54N3O.Pt/c1-34(2)37-19-21-39(22-20-37)40-23-24-56-49(32-40)43-27-42(29-44(30-43)54(5,6)7)47-17-14-18-50-51(47)57-53(48-26-35(3)25-36(4)52(48)59)58(50)46-31-41(38-15-12-11-13-16-38)28-45(33-46)55(8,9)10;/h11-26,28-34,59H,1-10H3;/q-1;/i34D;. The van der Waals surface area contributed by atoms with Crippen LogP contribution in [0.1, 0.15) is 90.5 Å². The van der Waals surface area contributed by atoms with E-state index >= 15 is 0 Å². The van der Waals surface area contributed by atoms with Gasteiger partial charge >= 0.3 is 0 Å². The Hall–Kier alpha value is -5.57. The zero-order valence-electron chi connectivity index (χ0n) is 37.3. The van der Waals surface area contributed by atoms with Crippen molar-refractivity contribution in [1.29, 1.82) is 0 Å². The molecule has 306 valence electrons. The Morgan fingerprint density at radius 2 is 1.32 bits per heavy atom. The molecule has 60 heavy (non-hydrogen) atoms. The van der Waals surface area contributed by atoms with Crippen LogP contribution in [0.4, 0.5) is 0 Å². The van der Waals surface area contributed by atoms with Crippen molar-refractivity contribution in [3.8, 4) is 67.5 Å². The molecule has 8 rings (SSSR count). The maximum Gasteiger partial charge on any atom is 0.148 e. The molecule has 2 heterocycles. The van der Waals surface area contributed by atoms with Gasteiger partial charge in [0, 0.05) is 40.0 Å². The molecule has 0 amide bonds. The fraction of sp³-hybridized carbons (Fsp3) is 0.236. The van der Waals surface area contributed by atoms with Gasteiger partial charge in [0.15, 0.2) is 0 Å². The number of benzene rings is 6. The normalized spacial score (nSPS) is 12.3. The Labute approximate surface area is 372 Å². The Morgan fingerprint density at radius 3 is 2.00 bits per heavy atom. The van der Waals surface area contributed by atoms with Gasteiger partial charge in [0.2, 0.25) is 0 Å². The summed E-state index contributed by atoms with van der Waals surface area (Å²) in [5.74, 6) is 0.232. The third kappa shape index (κ3) is 8.41. The first-order chi connectivity index (χ1) is 28.3. The van der Waals surface area contributed by atoms with E-state index in [1.807, 2.05) is 63.4 Å². The van der Waals surface area contributed by atoms with Crippen molar-refractivity contribution in [1.82, 2.24) is 14.5 Å². The van der Waals surface area contributed by atoms with E-state index in [2.05, 4.69) is 150 Å². The minimum absolute atomic E-state index is 0. The van der Waals surface area contributed by atoms with E-state index in [1.165, 1.54) is 5.56 Å². The summed E-state index contributed by atoms with van der Waals surface area (Å²) in [6.45, 7) is 21.3. The second-order valence-electron chi connectivity index (χ2n) is 18.3. The van der Waals surface area contributed by atoms with Crippen molar-refractivity contribution >= 4 is 11.0 Å². The average Bonchev–Trinajstić information content (AvgIpc) is 3.61. The number of imidazole rings is 1. The molecule has 0 radical (unpaired) electrons. The third-order valence-electron chi connectivity index (χ3n) is 11.4. The van der Waals surface area contributed by atoms with Crippen LogP contribution in [0.5, 0.6) is 5.75 Å². The van der Waals surface area contributed by atoms with Crippen LogP contribution < -0.4 is 0 Å². The number of aromatic hydroxyl groups is 1. The second kappa shape index (κ2) is 16.5. The van der Waals surface area contributed by atoms with Crippen LogP contribution in [0.2, 0.25) is 0 Å². The van der Waals surface area contributed by atoms with Gasteiger partial charge in [0.25, 0.3) is 0 Å². The summed E-state index contributed by atoms with van der Waals surface area (Å²) in [5, 5.41) is 11.7. The summed E-state index contributed by atoms with van der Waals surface area (Å²) >= 11 is 0. The van der Waals surface area contributed by atoms with Crippen molar-refractivity contribution in [3.63, 3.8) is 0 Å². The van der Waals surface area contributed by atoms with Gasteiger partial charge in [0.05, 0.1) is 16.6 Å². The van der Waals surface area contributed by atoms with Crippen LogP contribution in [0.15, 0.2) is 134 Å². The Kier molecular flexibility index (Phi) is 11.3. The number of aryl methyl sites for hydroxylation is 2. The first-order valence-corrected chi connectivity index (χ1v) is 20.5. The zero-order valence-corrected chi connectivity index (χ0v) is 38.6. The topological polar surface area (TPSA) is 50.9 Å². The molecule has 0 aliphatic rings. The van der Waals surface area contributed by atoms with Gasteiger partial charge in [-0.2, -0.15) is 0 Å². The Bertz CT molecular complexity index is 2890. The molecule has 2 aromatic heterocycles. The van der Waals surface area contributed by atoms with Gasteiger partial charge < -0.3 is 5.11 Å². The van der Waals surface area contributed by atoms with Gasteiger partial charge in [-0.25, -0.2) is 4.98 Å². The number of hydrogen-bond acceptors (Lipinski definition) is 3. The molecular formula is C55H54N3OPt-. The van der Waals surface area contributed by atoms with Crippen LogP contribution >= 0.6 is 0 Å². The molecule has 5 heteroatoms. The van der Waals surface area contributed by atoms with E-state index in [0.29, 0.717) is 11.4 Å². The molecule has 4 nitrogen and oxygen atoms in total. The average molecular weight is 969 g/mol. The smallest absolute Gasteiger partial charge is 0.148 e. The molecule has 8 aromatic rings. The number of aromatic nitrogens is 3. The van der Waals surface area contributed by atoms with Gasteiger partial charge in [0.1, 0.15) is 11.6 Å². The van der Waals surface area contributed by atoms with Gasteiger partial charge in [-0.1, -0.05) is 151 Å². The number of fused-ring (bicyclic) bond motifs is 1. The number of phenols is 1. The summed E-state index contributed by atoms with van der Waals surface area (Å²) < 4.78 is 10.7. The largest absolute Gasteiger partial charge is 0.507 e. The molecule has 0 spiro atoms. The maximum atomic E-state index is 11.7. The first kappa shape index (κ1) is 41.2. The van der Waals surface area contributed by atoms with Gasteiger partial charge in [-0.3, -0.25) is 9.55 Å². The number of rotatable bonds is 7. The molecule has 0 saturated carbocycles. The zero-order chi connectivity index (χ0) is 42.7. The van der Waals surface area contributed by atoms with Gasteiger partial charge in [-0.15, -0.1) is 29.3 Å². The van der Waals surface area contributed by atoms with E-state index in [1.54, 1.807) is 0 Å². The molecule has 0 aliphatic carbocycles.